The van der Waals surface area contributed by atoms with E-state index in [2.05, 4.69) is 11.3 Å². The molecule has 0 spiro atoms. The van der Waals surface area contributed by atoms with Crippen LogP contribution in [0.15, 0.2) is 11.4 Å². The van der Waals surface area contributed by atoms with E-state index in [0.717, 1.165) is 11.6 Å². The van der Waals surface area contributed by atoms with Gasteiger partial charge in [-0.15, -0.1) is 0 Å². The van der Waals surface area contributed by atoms with Crippen LogP contribution in [-0.4, -0.2) is 9.48 Å². The molecule has 0 radical (unpaired) electrons. The highest BCUT2D eigenvalue weighted by Gasteiger charge is 2.33. The minimum absolute atomic E-state index is 0.344. The standard InChI is InChI=1S/C9H13NOS/c1-6(7-2-3-7)9(11)8-4-5-12-10-8/h4-7,9,11H,2-3H2,1H3. The summed E-state index contributed by atoms with van der Waals surface area (Å²) in [6, 6.07) is 1.91. The van der Waals surface area contributed by atoms with Crippen LogP contribution in [0.4, 0.5) is 0 Å². The van der Waals surface area contributed by atoms with Gasteiger partial charge in [-0.05, 0) is 42.3 Å². The van der Waals surface area contributed by atoms with E-state index in [4.69, 9.17) is 0 Å². The zero-order valence-electron chi connectivity index (χ0n) is 7.10. The normalized spacial score (nSPS) is 22.2. The van der Waals surface area contributed by atoms with E-state index in [-0.39, 0.29) is 6.10 Å². The van der Waals surface area contributed by atoms with Crippen LogP contribution < -0.4 is 0 Å². The molecule has 2 rings (SSSR count). The van der Waals surface area contributed by atoms with Crippen LogP contribution in [0.3, 0.4) is 0 Å². The van der Waals surface area contributed by atoms with E-state index in [1.165, 1.54) is 24.4 Å². The monoisotopic (exact) mass is 183 g/mol. The fourth-order valence-corrected chi connectivity index (χ4v) is 2.08. The van der Waals surface area contributed by atoms with Crippen LogP contribution in [-0.2, 0) is 0 Å². The zero-order chi connectivity index (χ0) is 8.55. The highest BCUT2D eigenvalue weighted by atomic mass is 32.1. The summed E-state index contributed by atoms with van der Waals surface area (Å²) in [5, 5.41) is 11.7. The van der Waals surface area contributed by atoms with Gasteiger partial charge in [-0.2, -0.15) is 4.37 Å². The van der Waals surface area contributed by atoms with Crippen molar-refractivity contribution in [2.45, 2.75) is 25.9 Å². The molecule has 66 valence electrons. The summed E-state index contributed by atoms with van der Waals surface area (Å²) in [7, 11) is 0. The Kier molecular flexibility index (Phi) is 2.15. The van der Waals surface area contributed by atoms with Crippen molar-refractivity contribution in [3.05, 3.63) is 17.1 Å². The Labute approximate surface area is 76.4 Å². The Balaban J connectivity index is 2.03. The van der Waals surface area contributed by atoms with Gasteiger partial charge in [0, 0.05) is 5.38 Å². The van der Waals surface area contributed by atoms with Gasteiger partial charge >= 0.3 is 0 Å². The van der Waals surface area contributed by atoms with Crippen molar-refractivity contribution in [1.29, 1.82) is 0 Å². The lowest BCUT2D eigenvalue weighted by molar-refractivity contribution is 0.103. The van der Waals surface area contributed by atoms with E-state index in [9.17, 15) is 5.11 Å². The largest absolute Gasteiger partial charge is 0.386 e. The number of hydrogen-bond donors (Lipinski definition) is 1. The molecule has 12 heavy (non-hydrogen) atoms. The quantitative estimate of drug-likeness (QED) is 0.779. The Morgan fingerprint density at radius 2 is 2.42 bits per heavy atom. The van der Waals surface area contributed by atoms with Gasteiger partial charge < -0.3 is 5.11 Å². The summed E-state index contributed by atoms with van der Waals surface area (Å²) in [4.78, 5) is 0. The molecule has 0 saturated heterocycles. The summed E-state index contributed by atoms with van der Waals surface area (Å²) in [5.41, 5.74) is 0.847. The Bertz CT molecular complexity index is 243. The molecule has 3 heteroatoms. The van der Waals surface area contributed by atoms with Crippen molar-refractivity contribution in [1.82, 2.24) is 4.37 Å². The molecule has 1 aliphatic rings. The second kappa shape index (κ2) is 3.15. The second-order valence-electron chi connectivity index (χ2n) is 3.57. The smallest absolute Gasteiger partial charge is 0.0998 e. The first-order valence-electron chi connectivity index (χ1n) is 4.37. The van der Waals surface area contributed by atoms with Gasteiger partial charge in [-0.25, -0.2) is 0 Å². The fourth-order valence-electron chi connectivity index (χ4n) is 1.52. The molecule has 0 aromatic carbocycles. The van der Waals surface area contributed by atoms with Gasteiger partial charge in [-0.3, -0.25) is 0 Å². The van der Waals surface area contributed by atoms with Crippen molar-refractivity contribution in [2.24, 2.45) is 11.8 Å². The van der Waals surface area contributed by atoms with E-state index >= 15 is 0 Å². The summed E-state index contributed by atoms with van der Waals surface area (Å²) in [5.74, 6) is 1.12. The average Bonchev–Trinajstić information content (AvgIpc) is 2.79. The molecule has 1 N–H and O–H groups in total. The minimum atomic E-state index is -0.344. The first-order chi connectivity index (χ1) is 5.79. The predicted molar refractivity (Wildman–Crippen MR) is 49.0 cm³/mol. The Morgan fingerprint density at radius 1 is 1.67 bits per heavy atom. The molecule has 0 aliphatic heterocycles. The van der Waals surface area contributed by atoms with Crippen molar-refractivity contribution in [3.63, 3.8) is 0 Å². The highest BCUT2D eigenvalue weighted by molar-refractivity contribution is 7.03. The molecule has 1 aromatic rings. The third-order valence-corrected chi connectivity index (χ3v) is 3.20. The molecule has 0 bridgehead atoms. The van der Waals surface area contributed by atoms with Gasteiger partial charge in [0.2, 0.25) is 0 Å². The number of hydrogen-bond acceptors (Lipinski definition) is 3. The summed E-state index contributed by atoms with van der Waals surface area (Å²) in [6.07, 6.45) is 2.22. The average molecular weight is 183 g/mol. The van der Waals surface area contributed by atoms with Gasteiger partial charge in [0.1, 0.15) is 0 Å². The van der Waals surface area contributed by atoms with Crippen molar-refractivity contribution in [2.75, 3.05) is 0 Å². The molecular weight excluding hydrogens is 170 g/mol. The molecule has 1 heterocycles. The van der Waals surface area contributed by atoms with Crippen LogP contribution in [0.25, 0.3) is 0 Å². The van der Waals surface area contributed by atoms with E-state index < -0.39 is 0 Å². The van der Waals surface area contributed by atoms with Gasteiger partial charge in [0.15, 0.2) is 0 Å². The first kappa shape index (κ1) is 8.20. The minimum Gasteiger partial charge on any atom is -0.386 e. The molecule has 1 saturated carbocycles. The lowest BCUT2D eigenvalue weighted by Crippen LogP contribution is -2.11. The maximum atomic E-state index is 9.83. The van der Waals surface area contributed by atoms with Gasteiger partial charge in [-0.1, -0.05) is 6.92 Å². The number of rotatable bonds is 3. The molecule has 2 nitrogen and oxygen atoms in total. The van der Waals surface area contributed by atoms with Crippen LogP contribution >= 0.6 is 11.5 Å². The molecule has 1 aromatic heterocycles. The van der Waals surface area contributed by atoms with Gasteiger partial charge in [0.25, 0.3) is 0 Å². The third kappa shape index (κ3) is 1.52. The zero-order valence-corrected chi connectivity index (χ0v) is 7.92. The molecule has 0 amide bonds. The highest BCUT2D eigenvalue weighted by Crippen LogP contribution is 2.42. The van der Waals surface area contributed by atoms with Crippen molar-refractivity contribution >= 4 is 11.5 Å². The maximum absolute atomic E-state index is 9.83. The SMILES string of the molecule is CC(C1CC1)C(O)c1ccsn1. The topological polar surface area (TPSA) is 33.1 Å². The van der Waals surface area contributed by atoms with Crippen LogP contribution in [0.2, 0.25) is 0 Å². The molecule has 1 aliphatic carbocycles. The van der Waals surface area contributed by atoms with Crippen molar-refractivity contribution < 1.29 is 5.11 Å². The third-order valence-electron chi connectivity index (χ3n) is 2.62. The van der Waals surface area contributed by atoms with E-state index in [0.29, 0.717) is 5.92 Å². The van der Waals surface area contributed by atoms with Gasteiger partial charge in [0.05, 0.1) is 11.8 Å². The van der Waals surface area contributed by atoms with Crippen LogP contribution in [0, 0.1) is 11.8 Å². The van der Waals surface area contributed by atoms with Crippen LogP contribution in [0.5, 0.6) is 0 Å². The Morgan fingerprint density at radius 3 is 2.92 bits per heavy atom. The number of nitrogens with zero attached hydrogens (tertiary/aromatic N) is 1. The molecule has 2 atom stereocenters. The second-order valence-corrected chi connectivity index (χ2v) is 4.23. The number of aromatic nitrogens is 1. The number of aliphatic hydroxyl groups is 1. The van der Waals surface area contributed by atoms with Crippen molar-refractivity contribution in [3.8, 4) is 0 Å². The summed E-state index contributed by atoms with van der Waals surface area (Å²) in [6.45, 7) is 2.11. The van der Waals surface area contributed by atoms with Crippen LogP contribution in [0.1, 0.15) is 31.6 Å². The fraction of sp³-hybridized carbons (Fsp3) is 0.667. The lowest BCUT2D eigenvalue weighted by atomic mass is 9.97. The molecule has 2 unspecified atom stereocenters. The predicted octanol–water partition coefficient (Wildman–Crippen LogP) is 2.22. The van der Waals surface area contributed by atoms with E-state index in [1.54, 1.807) is 0 Å². The first-order valence-corrected chi connectivity index (χ1v) is 5.21. The maximum Gasteiger partial charge on any atom is 0.0998 e. The Hall–Kier alpha value is -0.410. The molecular formula is C9H13NOS. The van der Waals surface area contributed by atoms with E-state index in [1.807, 2.05) is 11.4 Å². The summed E-state index contributed by atoms with van der Waals surface area (Å²) < 4.78 is 4.14. The molecule has 1 fully saturated rings. The number of aliphatic hydroxyl groups excluding tert-OH is 1. The lowest BCUT2D eigenvalue weighted by Gasteiger charge is -2.15. The summed E-state index contributed by atoms with van der Waals surface area (Å²) >= 11 is 1.41.